The van der Waals surface area contributed by atoms with Gasteiger partial charge >= 0.3 is 0 Å². The summed E-state index contributed by atoms with van der Waals surface area (Å²) in [5, 5.41) is 3.03. The fourth-order valence-electron chi connectivity index (χ4n) is 2.01. The Kier molecular flexibility index (Phi) is 6.21. The summed E-state index contributed by atoms with van der Waals surface area (Å²) in [5.74, 6) is 0.0927. The number of hydrogen-bond donors (Lipinski definition) is 1. The van der Waals surface area contributed by atoms with Crippen LogP contribution in [0.1, 0.15) is 45.7 Å². The summed E-state index contributed by atoms with van der Waals surface area (Å²) in [6.45, 7) is 13.8. The van der Waals surface area contributed by atoms with Crippen LogP contribution < -0.4 is 5.32 Å². The maximum atomic E-state index is 12.0. The molecular weight excluding hydrogens is 248 g/mol. The molecule has 0 atom stereocenters. The van der Waals surface area contributed by atoms with Gasteiger partial charge in [-0.25, -0.2) is 0 Å². The Morgan fingerprint density at radius 2 is 1.65 bits per heavy atom. The lowest BCUT2D eigenvalue weighted by Crippen LogP contribution is -2.34. The molecule has 1 amide bonds. The average Bonchev–Trinajstić information content (AvgIpc) is 2.42. The van der Waals surface area contributed by atoms with Crippen LogP contribution in [0.25, 0.3) is 0 Å². The first kappa shape index (κ1) is 16.7. The second kappa shape index (κ2) is 7.44. The fourth-order valence-corrected chi connectivity index (χ4v) is 2.01. The van der Waals surface area contributed by atoms with Crippen molar-refractivity contribution < 1.29 is 4.79 Å². The van der Waals surface area contributed by atoms with E-state index in [0.29, 0.717) is 6.54 Å². The molecule has 0 saturated carbocycles. The summed E-state index contributed by atoms with van der Waals surface area (Å²) < 4.78 is 0. The van der Waals surface area contributed by atoms with Gasteiger partial charge in [0.05, 0.1) is 0 Å². The van der Waals surface area contributed by atoms with Crippen LogP contribution in [-0.4, -0.2) is 23.9 Å². The topological polar surface area (TPSA) is 32.3 Å². The van der Waals surface area contributed by atoms with E-state index in [1.54, 1.807) is 0 Å². The molecule has 0 unspecified atom stereocenters. The summed E-state index contributed by atoms with van der Waals surface area (Å²) in [4.78, 5) is 14.3. The van der Waals surface area contributed by atoms with Crippen molar-refractivity contribution in [3.8, 4) is 0 Å². The van der Waals surface area contributed by atoms with Crippen LogP contribution in [-0.2, 0) is 17.9 Å². The molecule has 0 spiro atoms. The molecule has 1 aromatic carbocycles. The number of nitrogens with one attached hydrogen (secondary N) is 1. The van der Waals surface area contributed by atoms with E-state index in [2.05, 4.69) is 42.3 Å². The molecule has 0 heterocycles. The lowest BCUT2D eigenvalue weighted by molar-refractivity contribution is -0.128. The van der Waals surface area contributed by atoms with Crippen molar-refractivity contribution in [2.24, 2.45) is 5.41 Å². The first-order chi connectivity index (χ1) is 9.38. The first-order valence-electron chi connectivity index (χ1n) is 7.46. The lowest BCUT2D eigenvalue weighted by Gasteiger charge is -2.21. The monoisotopic (exact) mass is 276 g/mol. The van der Waals surface area contributed by atoms with Gasteiger partial charge in [-0.2, -0.15) is 0 Å². The van der Waals surface area contributed by atoms with Crippen LogP contribution in [0, 0.1) is 5.41 Å². The Morgan fingerprint density at radius 3 is 2.15 bits per heavy atom. The Balaban J connectivity index is 2.73. The molecule has 1 N–H and O–H groups in total. The van der Waals surface area contributed by atoms with Gasteiger partial charge in [-0.3, -0.25) is 9.69 Å². The number of benzene rings is 1. The first-order valence-corrected chi connectivity index (χ1v) is 7.46. The zero-order valence-electron chi connectivity index (χ0n) is 13.5. The molecule has 20 heavy (non-hydrogen) atoms. The zero-order chi connectivity index (χ0) is 15.2. The highest BCUT2D eigenvalue weighted by molar-refractivity contribution is 5.81. The summed E-state index contributed by atoms with van der Waals surface area (Å²) in [5.41, 5.74) is 2.16. The molecule has 1 rings (SSSR count). The van der Waals surface area contributed by atoms with Crippen LogP contribution in [0.3, 0.4) is 0 Å². The van der Waals surface area contributed by atoms with E-state index in [9.17, 15) is 4.79 Å². The summed E-state index contributed by atoms with van der Waals surface area (Å²) >= 11 is 0. The van der Waals surface area contributed by atoms with E-state index in [-0.39, 0.29) is 11.3 Å². The molecule has 0 aliphatic rings. The molecule has 1 aromatic rings. The highest BCUT2D eigenvalue weighted by Gasteiger charge is 2.20. The number of rotatable bonds is 6. The van der Waals surface area contributed by atoms with Crippen LogP contribution in [0.4, 0.5) is 0 Å². The van der Waals surface area contributed by atoms with Crippen molar-refractivity contribution in [2.45, 2.75) is 47.7 Å². The second-order valence-corrected chi connectivity index (χ2v) is 6.16. The quantitative estimate of drug-likeness (QED) is 0.865. The highest BCUT2D eigenvalue weighted by atomic mass is 16.2. The molecular formula is C17H28N2O. The van der Waals surface area contributed by atoms with Crippen LogP contribution in [0.2, 0.25) is 0 Å². The summed E-state index contributed by atoms with van der Waals surface area (Å²) in [6, 6.07) is 8.34. The highest BCUT2D eigenvalue weighted by Crippen LogP contribution is 2.15. The molecule has 0 bridgehead atoms. The van der Waals surface area contributed by atoms with Gasteiger partial charge in [0, 0.05) is 18.5 Å². The van der Waals surface area contributed by atoms with E-state index in [1.807, 2.05) is 26.8 Å². The van der Waals surface area contributed by atoms with Gasteiger partial charge in [0.25, 0.3) is 0 Å². The third kappa shape index (κ3) is 4.97. The maximum Gasteiger partial charge on any atom is 0.225 e. The van der Waals surface area contributed by atoms with E-state index in [4.69, 9.17) is 0 Å². The van der Waals surface area contributed by atoms with Crippen molar-refractivity contribution in [3.05, 3.63) is 35.4 Å². The average molecular weight is 276 g/mol. The molecule has 0 radical (unpaired) electrons. The summed E-state index contributed by atoms with van der Waals surface area (Å²) in [6.07, 6.45) is 0. The number of hydrogen-bond acceptors (Lipinski definition) is 2. The fraction of sp³-hybridized carbons (Fsp3) is 0.588. The molecule has 0 aliphatic carbocycles. The minimum atomic E-state index is -0.339. The largest absolute Gasteiger partial charge is 0.352 e. The normalized spacial score (nSPS) is 11.7. The van der Waals surface area contributed by atoms with Gasteiger partial charge in [0.2, 0.25) is 5.91 Å². The Hall–Kier alpha value is -1.35. The number of amides is 1. The predicted molar refractivity (Wildman–Crippen MR) is 84.4 cm³/mol. The molecule has 0 fully saturated rings. The van der Waals surface area contributed by atoms with Gasteiger partial charge in [0.1, 0.15) is 0 Å². The van der Waals surface area contributed by atoms with Crippen LogP contribution in [0.5, 0.6) is 0 Å². The zero-order valence-corrected chi connectivity index (χ0v) is 13.5. The Morgan fingerprint density at radius 1 is 1.10 bits per heavy atom. The number of nitrogens with zero attached hydrogens (tertiary/aromatic N) is 1. The lowest BCUT2D eigenvalue weighted by atomic mass is 9.95. The van der Waals surface area contributed by atoms with Gasteiger partial charge < -0.3 is 5.32 Å². The van der Waals surface area contributed by atoms with Crippen molar-refractivity contribution in [1.29, 1.82) is 0 Å². The molecule has 112 valence electrons. The Bertz CT molecular complexity index is 431. The maximum absolute atomic E-state index is 12.0. The smallest absolute Gasteiger partial charge is 0.225 e. The molecule has 0 aromatic heterocycles. The third-order valence-corrected chi connectivity index (χ3v) is 3.53. The standard InChI is InChI=1S/C17H28N2O/c1-6-19(7-2)13-15-11-9-8-10-14(15)12-18-16(20)17(3,4)5/h8-11H,6-7,12-13H2,1-5H3,(H,18,20). The summed E-state index contributed by atoms with van der Waals surface area (Å²) in [7, 11) is 0. The van der Waals surface area contributed by atoms with Crippen molar-refractivity contribution in [1.82, 2.24) is 10.2 Å². The second-order valence-electron chi connectivity index (χ2n) is 6.16. The molecule has 3 nitrogen and oxygen atoms in total. The van der Waals surface area contributed by atoms with Gasteiger partial charge in [-0.05, 0) is 24.2 Å². The van der Waals surface area contributed by atoms with Crippen molar-refractivity contribution >= 4 is 5.91 Å². The predicted octanol–water partition coefficient (Wildman–Crippen LogP) is 3.19. The minimum Gasteiger partial charge on any atom is -0.352 e. The van der Waals surface area contributed by atoms with Gasteiger partial charge in [0.15, 0.2) is 0 Å². The van der Waals surface area contributed by atoms with Crippen molar-refractivity contribution in [2.75, 3.05) is 13.1 Å². The van der Waals surface area contributed by atoms with Crippen LogP contribution >= 0.6 is 0 Å². The minimum absolute atomic E-state index is 0.0927. The van der Waals surface area contributed by atoms with Crippen LogP contribution in [0.15, 0.2) is 24.3 Å². The van der Waals surface area contributed by atoms with E-state index >= 15 is 0 Å². The third-order valence-electron chi connectivity index (χ3n) is 3.53. The number of carbonyl (C=O) groups excluding carboxylic acids is 1. The van der Waals surface area contributed by atoms with E-state index in [0.717, 1.165) is 19.6 Å². The SMILES string of the molecule is CCN(CC)Cc1ccccc1CNC(=O)C(C)(C)C. The molecule has 3 heteroatoms. The number of carbonyl (C=O) groups is 1. The molecule has 0 saturated heterocycles. The van der Waals surface area contributed by atoms with Gasteiger partial charge in [-0.1, -0.05) is 58.9 Å². The van der Waals surface area contributed by atoms with E-state index < -0.39 is 0 Å². The Labute approximate surface area is 123 Å². The van der Waals surface area contributed by atoms with Crippen molar-refractivity contribution in [3.63, 3.8) is 0 Å². The van der Waals surface area contributed by atoms with Gasteiger partial charge in [-0.15, -0.1) is 0 Å². The van der Waals surface area contributed by atoms with E-state index in [1.165, 1.54) is 11.1 Å². The molecule has 0 aliphatic heterocycles.